The third-order valence-corrected chi connectivity index (χ3v) is 3.57. The van der Waals surface area contributed by atoms with Gasteiger partial charge >= 0.3 is 0 Å². The van der Waals surface area contributed by atoms with E-state index in [0.29, 0.717) is 6.42 Å². The van der Waals surface area contributed by atoms with E-state index in [0.717, 1.165) is 31.0 Å². The fourth-order valence-corrected chi connectivity index (χ4v) is 2.54. The number of aromatic nitrogens is 2. The monoisotopic (exact) mass is 258 g/mol. The summed E-state index contributed by atoms with van der Waals surface area (Å²) in [6.45, 7) is 4.61. The van der Waals surface area contributed by atoms with Gasteiger partial charge in [0.1, 0.15) is 5.65 Å². The molecule has 1 amide bonds. The van der Waals surface area contributed by atoms with Crippen LogP contribution in [0.4, 0.5) is 0 Å². The lowest BCUT2D eigenvalue weighted by Crippen LogP contribution is -2.52. The van der Waals surface area contributed by atoms with E-state index in [1.165, 1.54) is 0 Å². The Hall–Kier alpha value is -1.88. The van der Waals surface area contributed by atoms with Gasteiger partial charge in [0.05, 0.1) is 12.1 Å². The van der Waals surface area contributed by atoms with Gasteiger partial charge in [-0.15, -0.1) is 0 Å². The molecule has 2 aromatic heterocycles. The summed E-state index contributed by atoms with van der Waals surface area (Å²) in [6, 6.07) is 6.12. The summed E-state index contributed by atoms with van der Waals surface area (Å²) in [5.74, 6) is 0.164. The summed E-state index contributed by atoms with van der Waals surface area (Å²) < 4.78 is 1.95. The molecule has 5 nitrogen and oxygen atoms in total. The van der Waals surface area contributed by atoms with Crippen LogP contribution in [0.5, 0.6) is 0 Å². The molecule has 3 rings (SSSR count). The molecule has 0 spiro atoms. The molecule has 19 heavy (non-hydrogen) atoms. The Kier molecular flexibility index (Phi) is 3.21. The molecule has 0 saturated carbocycles. The zero-order valence-electron chi connectivity index (χ0n) is 11.0. The van der Waals surface area contributed by atoms with E-state index in [1.54, 1.807) is 0 Å². The average molecular weight is 258 g/mol. The molecule has 5 heteroatoms. The summed E-state index contributed by atoms with van der Waals surface area (Å²) >= 11 is 0. The lowest BCUT2D eigenvalue weighted by atomic mass is 10.2. The van der Waals surface area contributed by atoms with Gasteiger partial charge in [0, 0.05) is 38.1 Å². The topological polar surface area (TPSA) is 49.6 Å². The highest BCUT2D eigenvalue weighted by Crippen LogP contribution is 2.09. The number of amides is 1. The number of piperazine rings is 1. The minimum absolute atomic E-state index is 0.164. The Labute approximate surface area is 112 Å². The van der Waals surface area contributed by atoms with Crippen molar-refractivity contribution in [3.05, 3.63) is 36.3 Å². The van der Waals surface area contributed by atoms with Crippen LogP contribution in [0.3, 0.4) is 0 Å². The molecule has 1 N–H and O–H groups in total. The van der Waals surface area contributed by atoms with Crippen LogP contribution >= 0.6 is 0 Å². The quantitative estimate of drug-likeness (QED) is 0.862. The second kappa shape index (κ2) is 5.01. The highest BCUT2D eigenvalue weighted by molar-refractivity contribution is 5.79. The van der Waals surface area contributed by atoms with Gasteiger partial charge in [0.25, 0.3) is 0 Å². The molecule has 0 radical (unpaired) electrons. The molecule has 1 unspecified atom stereocenters. The predicted octanol–water partition coefficient (Wildman–Crippen LogP) is 0.697. The first-order chi connectivity index (χ1) is 9.24. The van der Waals surface area contributed by atoms with Gasteiger partial charge in [0.15, 0.2) is 0 Å². The fraction of sp³-hybridized carbons (Fsp3) is 0.429. The highest BCUT2D eigenvalue weighted by Gasteiger charge is 2.23. The molecule has 1 aliphatic rings. The number of nitrogens with zero attached hydrogens (tertiary/aromatic N) is 3. The summed E-state index contributed by atoms with van der Waals surface area (Å²) in [5.41, 5.74) is 1.72. The number of hydrogen-bond acceptors (Lipinski definition) is 3. The number of imidazole rings is 1. The molecule has 0 bridgehead atoms. The molecular weight excluding hydrogens is 240 g/mol. The van der Waals surface area contributed by atoms with E-state index >= 15 is 0 Å². The number of carbonyl (C=O) groups is 1. The SMILES string of the molecule is CC1CNCCN1C(=O)Cc1cn2ccccc2n1. The van der Waals surface area contributed by atoms with Crippen molar-refractivity contribution in [1.82, 2.24) is 19.6 Å². The molecule has 2 aromatic rings. The third kappa shape index (κ3) is 2.46. The summed E-state index contributed by atoms with van der Waals surface area (Å²) in [6.07, 6.45) is 4.26. The summed E-state index contributed by atoms with van der Waals surface area (Å²) in [7, 11) is 0. The van der Waals surface area contributed by atoms with Gasteiger partial charge in [-0.3, -0.25) is 4.79 Å². The fourth-order valence-electron chi connectivity index (χ4n) is 2.54. The van der Waals surface area contributed by atoms with E-state index < -0.39 is 0 Å². The smallest absolute Gasteiger partial charge is 0.228 e. The Balaban J connectivity index is 1.75. The average Bonchev–Trinajstić information content (AvgIpc) is 2.81. The zero-order valence-corrected chi connectivity index (χ0v) is 11.0. The number of hydrogen-bond donors (Lipinski definition) is 1. The highest BCUT2D eigenvalue weighted by atomic mass is 16.2. The summed E-state index contributed by atoms with van der Waals surface area (Å²) in [5, 5.41) is 3.29. The number of pyridine rings is 1. The first kappa shape index (κ1) is 12.2. The van der Waals surface area contributed by atoms with Gasteiger partial charge in [-0.2, -0.15) is 0 Å². The molecule has 0 aliphatic carbocycles. The van der Waals surface area contributed by atoms with Crippen LogP contribution in [-0.2, 0) is 11.2 Å². The number of fused-ring (bicyclic) bond motifs is 1. The van der Waals surface area contributed by atoms with Crippen molar-refractivity contribution >= 4 is 11.6 Å². The lowest BCUT2D eigenvalue weighted by molar-refractivity contribution is -0.133. The van der Waals surface area contributed by atoms with Gasteiger partial charge in [-0.1, -0.05) is 6.07 Å². The second-order valence-corrected chi connectivity index (χ2v) is 5.02. The molecule has 1 saturated heterocycles. The van der Waals surface area contributed by atoms with Crippen molar-refractivity contribution < 1.29 is 4.79 Å². The maximum Gasteiger partial charge on any atom is 0.228 e. The van der Waals surface area contributed by atoms with Gasteiger partial charge < -0.3 is 14.6 Å². The first-order valence-corrected chi connectivity index (χ1v) is 6.67. The Morgan fingerprint density at radius 2 is 2.42 bits per heavy atom. The standard InChI is InChI=1S/C14H18N4O/c1-11-9-15-5-7-18(11)14(19)8-12-10-17-6-3-2-4-13(17)16-12/h2-4,6,10-11,15H,5,7-9H2,1H3. The minimum Gasteiger partial charge on any atom is -0.337 e. The molecule has 1 fully saturated rings. The van der Waals surface area contributed by atoms with E-state index in [1.807, 2.05) is 39.9 Å². The van der Waals surface area contributed by atoms with Crippen LogP contribution < -0.4 is 5.32 Å². The van der Waals surface area contributed by atoms with Crippen molar-refractivity contribution in [3.8, 4) is 0 Å². The normalized spacial score (nSPS) is 19.8. The van der Waals surface area contributed by atoms with Crippen molar-refractivity contribution in [2.24, 2.45) is 0 Å². The van der Waals surface area contributed by atoms with E-state index in [-0.39, 0.29) is 11.9 Å². The predicted molar refractivity (Wildman–Crippen MR) is 72.9 cm³/mol. The van der Waals surface area contributed by atoms with Crippen LogP contribution in [0.1, 0.15) is 12.6 Å². The first-order valence-electron chi connectivity index (χ1n) is 6.67. The van der Waals surface area contributed by atoms with E-state index in [9.17, 15) is 4.79 Å². The van der Waals surface area contributed by atoms with Crippen LogP contribution in [0.25, 0.3) is 5.65 Å². The van der Waals surface area contributed by atoms with Gasteiger partial charge in [0.2, 0.25) is 5.91 Å². The largest absolute Gasteiger partial charge is 0.337 e. The number of carbonyl (C=O) groups excluding carboxylic acids is 1. The maximum atomic E-state index is 12.3. The molecule has 0 aromatic carbocycles. The second-order valence-electron chi connectivity index (χ2n) is 5.02. The molecule has 1 atom stereocenters. The maximum absolute atomic E-state index is 12.3. The van der Waals surface area contributed by atoms with Crippen molar-refractivity contribution in [2.75, 3.05) is 19.6 Å². The van der Waals surface area contributed by atoms with Gasteiger partial charge in [-0.05, 0) is 19.1 Å². The molecule has 1 aliphatic heterocycles. The zero-order chi connectivity index (χ0) is 13.2. The van der Waals surface area contributed by atoms with Crippen LogP contribution in [0.15, 0.2) is 30.6 Å². The number of rotatable bonds is 2. The van der Waals surface area contributed by atoms with Crippen LogP contribution in [0, 0.1) is 0 Å². The van der Waals surface area contributed by atoms with Crippen molar-refractivity contribution in [1.29, 1.82) is 0 Å². The van der Waals surface area contributed by atoms with Crippen molar-refractivity contribution in [3.63, 3.8) is 0 Å². The lowest BCUT2D eigenvalue weighted by Gasteiger charge is -2.33. The molecule has 3 heterocycles. The number of nitrogens with one attached hydrogen (secondary N) is 1. The van der Waals surface area contributed by atoms with Gasteiger partial charge in [-0.25, -0.2) is 4.98 Å². The van der Waals surface area contributed by atoms with Crippen LogP contribution in [0.2, 0.25) is 0 Å². The molecule has 100 valence electrons. The Bertz CT molecular complexity index is 559. The van der Waals surface area contributed by atoms with Crippen LogP contribution in [-0.4, -0.2) is 45.9 Å². The Morgan fingerprint density at radius 1 is 1.53 bits per heavy atom. The Morgan fingerprint density at radius 3 is 3.21 bits per heavy atom. The summed E-state index contributed by atoms with van der Waals surface area (Å²) in [4.78, 5) is 18.7. The molecular formula is C14H18N4O. The third-order valence-electron chi connectivity index (χ3n) is 3.57. The van der Waals surface area contributed by atoms with Crippen molar-refractivity contribution in [2.45, 2.75) is 19.4 Å². The van der Waals surface area contributed by atoms with E-state index in [2.05, 4.69) is 17.2 Å². The minimum atomic E-state index is 0.164. The van der Waals surface area contributed by atoms with E-state index in [4.69, 9.17) is 0 Å².